The van der Waals surface area contributed by atoms with Crippen molar-refractivity contribution in [2.24, 2.45) is 20.5 Å². The minimum atomic E-state index is -4.15. The van der Waals surface area contributed by atoms with Crippen molar-refractivity contribution in [1.82, 2.24) is 0 Å². The molecule has 19 heteroatoms. The lowest BCUT2D eigenvalue weighted by Crippen LogP contribution is -2.12. The molecule has 0 saturated heterocycles. The zero-order chi connectivity index (χ0) is 45.6. The maximum atomic E-state index is 14.0. The Morgan fingerprint density at radius 2 is 0.892 bits per heavy atom. The maximum absolute atomic E-state index is 14.0. The molecule has 2 amide bonds. The number of phenolic OH excluding ortho intramolecular Hbond substituents is 2. The van der Waals surface area contributed by atoms with E-state index >= 15 is 0 Å². The van der Waals surface area contributed by atoms with E-state index in [-0.39, 0.29) is 66.4 Å². The van der Waals surface area contributed by atoms with E-state index in [0.717, 1.165) is 0 Å². The molecule has 8 aromatic rings. The number of carbonyl (C=O) groups excluding carboxylic acids is 2. The van der Waals surface area contributed by atoms with Crippen molar-refractivity contribution < 1.29 is 38.1 Å². The average molecular weight is 885 g/mol. The van der Waals surface area contributed by atoms with Crippen molar-refractivity contribution >= 4 is 88.7 Å². The van der Waals surface area contributed by atoms with Gasteiger partial charge in [0.15, 0.2) is 11.5 Å². The van der Waals surface area contributed by atoms with E-state index < -0.39 is 43.0 Å². The van der Waals surface area contributed by atoms with Gasteiger partial charge in [-0.2, -0.15) is 10.2 Å². The number of azo groups is 2. The van der Waals surface area contributed by atoms with E-state index in [1.54, 1.807) is 72.8 Å². The van der Waals surface area contributed by atoms with Gasteiger partial charge in [0, 0.05) is 57.5 Å². The molecule has 318 valence electrons. The molecule has 0 spiro atoms. The zero-order valence-electron chi connectivity index (χ0n) is 33.1. The number of fused-ring (bicyclic) bond motifs is 5. The Balaban J connectivity index is 0.992. The number of hydrogen-bond acceptors (Lipinski definition) is 14. The predicted molar refractivity (Wildman–Crippen MR) is 239 cm³/mol. The Morgan fingerprint density at radius 1 is 0.508 bits per heavy atom. The highest BCUT2D eigenvalue weighted by molar-refractivity contribution is 7.92. The number of sulfone groups is 1. The molecule has 1 aliphatic rings. The number of nitrogens with one attached hydrogen (secondary N) is 2. The highest BCUT2D eigenvalue weighted by Gasteiger charge is 2.34. The number of phenols is 2. The Morgan fingerprint density at radius 3 is 1.28 bits per heavy atom. The van der Waals surface area contributed by atoms with Gasteiger partial charge >= 0.3 is 0 Å². The van der Waals surface area contributed by atoms with Gasteiger partial charge in [0.25, 0.3) is 23.2 Å². The van der Waals surface area contributed by atoms with E-state index in [9.17, 15) is 48.4 Å². The SMILES string of the molecule is O=C(Nc1ccc([N+](=O)[O-])cc1)c1cc2ccccc2c(N=Nc2ccc3c(c2)S(=O)(=O)c2cc(N=Nc4c(O)c(C(=O)Nc5ccc([N+](=O)[O-])cc5)cc5ccccc45)ccc2-3)c1O. The number of anilines is 2. The van der Waals surface area contributed by atoms with Crippen LogP contribution >= 0.6 is 0 Å². The molecule has 0 bridgehead atoms. The van der Waals surface area contributed by atoms with Gasteiger partial charge in [-0.15, -0.1) is 10.2 Å². The molecule has 1 heterocycles. The van der Waals surface area contributed by atoms with Crippen LogP contribution in [0.1, 0.15) is 20.7 Å². The summed E-state index contributed by atoms with van der Waals surface area (Å²) in [5.74, 6) is -2.45. The third kappa shape index (κ3) is 7.70. The number of nitro groups is 2. The highest BCUT2D eigenvalue weighted by atomic mass is 32.2. The number of carbonyl (C=O) groups is 2. The summed E-state index contributed by atoms with van der Waals surface area (Å²) in [5, 5.41) is 69.1. The molecular weight excluding hydrogens is 857 g/mol. The largest absolute Gasteiger partial charge is 0.505 e. The molecule has 0 aliphatic carbocycles. The summed E-state index contributed by atoms with van der Waals surface area (Å²) in [6.07, 6.45) is 0. The molecule has 18 nitrogen and oxygen atoms in total. The Kier molecular flexibility index (Phi) is 10.3. The second-order valence-electron chi connectivity index (χ2n) is 14.5. The first kappa shape index (κ1) is 41.1. The number of nitro benzene ring substituents is 2. The van der Waals surface area contributed by atoms with Gasteiger partial charge in [0.1, 0.15) is 11.4 Å². The van der Waals surface area contributed by atoms with E-state index in [4.69, 9.17) is 0 Å². The summed E-state index contributed by atoms with van der Waals surface area (Å²) in [7, 11) is -4.15. The minimum absolute atomic E-state index is 0.0620. The van der Waals surface area contributed by atoms with Crippen LogP contribution in [0.15, 0.2) is 176 Å². The van der Waals surface area contributed by atoms with Crippen LogP contribution in [0.3, 0.4) is 0 Å². The number of hydrogen-bond donors (Lipinski definition) is 4. The standard InChI is InChI=1S/C46H28N8O10S/c55-43-37(45(57)47-27-9-15-31(16-10-27)53(59)60)21-25-5-1-3-7-33(25)41(43)51-49-29-13-19-35-36-20-14-30(24-40(36)65(63,64)39(35)23-29)50-52-42-34-8-4-2-6-26(34)22-38(44(42)56)46(58)48-28-11-17-32(18-12-28)54(61)62/h1-24,55-56H,(H,47,57)(H,48,58). The maximum Gasteiger partial charge on any atom is 0.269 e. The van der Waals surface area contributed by atoms with Crippen LogP contribution < -0.4 is 10.6 Å². The molecule has 0 saturated carbocycles. The monoisotopic (exact) mass is 884 g/mol. The van der Waals surface area contributed by atoms with Gasteiger partial charge in [0.05, 0.1) is 42.1 Å². The molecule has 0 fully saturated rings. The number of non-ortho nitro benzene ring substituents is 2. The third-order valence-electron chi connectivity index (χ3n) is 10.5. The fourth-order valence-corrected chi connectivity index (χ4v) is 9.01. The second kappa shape index (κ2) is 16.2. The molecule has 65 heavy (non-hydrogen) atoms. The lowest BCUT2D eigenvalue weighted by atomic mass is 10.0. The van der Waals surface area contributed by atoms with Crippen LogP contribution in [0.25, 0.3) is 32.7 Å². The molecule has 0 unspecified atom stereocenters. The van der Waals surface area contributed by atoms with E-state index in [2.05, 4.69) is 31.1 Å². The number of rotatable bonds is 10. The fraction of sp³-hybridized carbons (Fsp3) is 0. The first-order chi connectivity index (χ1) is 31.3. The van der Waals surface area contributed by atoms with Crippen LogP contribution in [-0.2, 0) is 9.84 Å². The first-order valence-corrected chi connectivity index (χ1v) is 20.7. The number of nitrogens with zero attached hydrogens (tertiary/aromatic N) is 6. The Bertz CT molecular complexity index is 3300. The minimum Gasteiger partial charge on any atom is -0.505 e. The van der Waals surface area contributed by atoms with Crippen LogP contribution in [0, 0.1) is 20.2 Å². The van der Waals surface area contributed by atoms with Crippen molar-refractivity contribution in [1.29, 1.82) is 0 Å². The van der Waals surface area contributed by atoms with Gasteiger partial charge in [-0.1, -0.05) is 60.7 Å². The zero-order valence-corrected chi connectivity index (χ0v) is 33.9. The molecule has 0 atom stereocenters. The molecular formula is C46H28N8O10S. The quantitative estimate of drug-likeness (QED) is 0.0573. The van der Waals surface area contributed by atoms with E-state index in [1.807, 2.05) is 0 Å². The molecule has 4 N–H and O–H groups in total. The van der Waals surface area contributed by atoms with Crippen molar-refractivity contribution in [2.75, 3.05) is 10.6 Å². The second-order valence-corrected chi connectivity index (χ2v) is 16.4. The molecule has 1 aliphatic heterocycles. The number of benzene rings is 8. The fourth-order valence-electron chi connectivity index (χ4n) is 7.28. The predicted octanol–water partition coefficient (Wildman–Crippen LogP) is 11.4. The van der Waals surface area contributed by atoms with Gasteiger partial charge in [-0.05, 0) is 71.4 Å². The molecule has 9 rings (SSSR count). The van der Waals surface area contributed by atoms with Gasteiger partial charge < -0.3 is 20.8 Å². The molecule has 8 aromatic carbocycles. The summed E-state index contributed by atoms with van der Waals surface area (Å²) < 4.78 is 28.1. The number of amides is 2. The van der Waals surface area contributed by atoms with Crippen molar-refractivity contribution in [3.05, 3.63) is 177 Å². The number of aromatic hydroxyl groups is 2. The van der Waals surface area contributed by atoms with Crippen LogP contribution in [-0.4, -0.2) is 40.3 Å². The topological polar surface area (TPSA) is 269 Å². The van der Waals surface area contributed by atoms with E-state index in [0.29, 0.717) is 32.7 Å². The average Bonchev–Trinajstić information content (AvgIpc) is 3.52. The summed E-state index contributed by atoms with van der Waals surface area (Å²) in [6, 6.07) is 35.7. The summed E-state index contributed by atoms with van der Waals surface area (Å²) in [4.78, 5) is 47.5. The lowest BCUT2D eigenvalue weighted by molar-refractivity contribution is -0.385. The third-order valence-corrected chi connectivity index (χ3v) is 12.3. The van der Waals surface area contributed by atoms with Gasteiger partial charge in [0.2, 0.25) is 9.84 Å². The van der Waals surface area contributed by atoms with Crippen LogP contribution in [0.5, 0.6) is 11.5 Å². The molecule has 0 aromatic heterocycles. The highest BCUT2D eigenvalue weighted by Crippen LogP contribution is 2.47. The van der Waals surface area contributed by atoms with Gasteiger partial charge in [-0.3, -0.25) is 29.8 Å². The lowest BCUT2D eigenvalue weighted by Gasteiger charge is -2.11. The van der Waals surface area contributed by atoms with Crippen molar-refractivity contribution in [3.8, 4) is 22.6 Å². The van der Waals surface area contributed by atoms with Crippen LogP contribution in [0.4, 0.5) is 45.5 Å². The Hall–Kier alpha value is -9.23. The smallest absolute Gasteiger partial charge is 0.269 e. The summed E-state index contributed by atoms with van der Waals surface area (Å²) in [6.45, 7) is 0. The first-order valence-electron chi connectivity index (χ1n) is 19.2. The van der Waals surface area contributed by atoms with Crippen LogP contribution in [0.2, 0.25) is 0 Å². The van der Waals surface area contributed by atoms with Crippen molar-refractivity contribution in [3.63, 3.8) is 0 Å². The normalized spacial score (nSPS) is 12.6. The summed E-state index contributed by atoms with van der Waals surface area (Å²) >= 11 is 0. The van der Waals surface area contributed by atoms with Crippen molar-refractivity contribution in [2.45, 2.75) is 9.79 Å². The summed E-state index contributed by atoms with van der Waals surface area (Å²) in [5.41, 5.74) is 0.722. The van der Waals surface area contributed by atoms with E-state index in [1.165, 1.54) is 72.8 Å². The Labute approximate surface area is 366 Å². The molecule has 0 radical (unpaired) electrons. The van der Waals surface area contributed by atoms with Gasteiger partial charge in [-0.25, -0.2) is 8.42 Å².